The smallest absolute Gasteiger partial charge is 0.151 e. The van der Waals surface area contributed by atoms with Gasteiger partial charge in [0.2, 0.25) is 0 Å². The number of ether oxygens (including phenoxy) is 2. The molecule has 1 aromatic carbocycles. The third-order valence-electron chi connectivity index (χ3n) is 2.42. The van der Waals surface area contributed by atoms with Crippen molar-refractivity contribution in [2.75, 3.05) is 14.2 Å². The number of rotatable bonds is 4. The van der Waals surface area contributed by atoms with Crippen molar-refractivity contribution < 1.29 is 9.47 Å². The van der Waals surface area contributed by atoms with E-state index >= 15 is 0 Å². The standard InChI is InChI=1S/C14H14N2O2/c1-17-12-6-7-13(18-2)11(9-12)10-16-14-5-3-4-8-15-14/h3-10H,1-2H3/b16-10+. The predicted molar refractivity (Wildman–Crippen MR) is 71.0 cm³/mol. The number of nitrogens with zero attached hydrogens (tertiary/aromatic N) is 2. The highest BCUT2D eigenvalue weighted by molar-refractivity contribution is 5.85. The molecule has 0 spiro atoms. The number of hydrogen-bond acceptors (Lipinski definition) is 4. The van der Waals surface area contributed by atoms with Crippen LogP contribution in [0.3, 0.4) is 0 Å². The van der Waals surface area contributed by atoms with Crippen LogP contribution in [0.5, 0.6) is 11.5 Å². The largest absolute Gasteiger partial charge is 0.497 e. The zero-order valence-corrected chi connectivity index (χ0v) is 10.3. The first-order valence-electron chi connectivity index (χ1n) is 5.50. The van der Waals surface area contributed by atoms with Crippen molar-refractivity contribution in [1.29, 1.82) is 0 Å². The van der Waals surface area contributed by atoms with Gasteiger partial charge in [-0.05, 0) is 30.3 Å². The summed E-state index contributed by atoms with van der Waals surface area (Å²) in [6.07, 6.45) is 3.42. The van der Waals surface area contributed by atoms with Crippen LogP contribution >= 0.6 is 0 Å². The summed E-state index contributed by atoms with van der Waals surface area (Å²) in [4.78, 5) is 8.41. The Balaban J connectivity index is 2.30. The van der Waals surface area contributed by atoms with E-state index in [0.29, 0.717) is 5.82 Å². The van der Waals surface area contributed by atoms with Crippen LogP contribution in [0.15, 0.2) is 47.6 Å². The maximum atomic E-state index is 5.27. The number of aromatic nitrogens is 1. The lowest BCUT2D eigenvalue weighted by Gasteiger charge is -2.06. The molecule has 2 rings (SSSR count). The molecule has 0 amide bonds. The lowest BCUT2D eigenvalue weighted by atomic mass is 10.2. The maximum Gasteiger partial charge on any atom is 0.151 e. The lowest BCUT2D eigenvalue weighted by Crippen LogP contribution is -1.92. The van der Waals surface area contributed by atoms with Gasteiger partial charge in [0.05, 0.1) is 14.2 Å². The topological polar surface area (TPSA) is 43.7 Å². The first kappa shape index (κ1) is 12.1. The molecule has 0 aliphatic carbocycles. The summed E-state index contributed by atoms with van der Waals surface area (Å²) >= 11 is 0. The molecule has 0 aliphatic rings. The SMILES string of the molecule is COc1ccc(OC)c(/C=N/c2ccccn2)c1. The highest BCUT2D eigenvalue weighted by atomic mass is 16.5. The van der Waals surface area contributed by atoms with Gasteiger partial charge in [-0.2, -0.15) is 0 Å². The fourth-order valence-corrected chi connectivity index (χ4v) is 1.51. The van der Waals surface area contributed by atoms with Gasteiger partial charge in [-0.15, -0.1) is 0 Å². The van der Waals surface area contributed by atoms with Gasteiger partial charge in [0.25, 0.3) is 0 Å². The minimum Gasteiger partial charge on any atom is -0.497 e. The van der Waals surface area contributed by atoms with Crippen molar-refractivity contribution in [2.24, 2.45) is 4.99 Å². The minimum absolute atomic E-state index is 0.655. The summed E-state index contributed by atoms with van der Waals surface area (Å²) in [5, 5.41) is 0. The molecule has 2 aromatic rings. The van der Waals surface area contributed by atoms with Crippen molar-refractivity contribution >= 4 is 12.0 Å². The number of pyridine rings is 1. The van der Waals surface area contributed by atoms with E-state index in [1.54, 1.807) is 26.6 Å². The second-order valence-electron chi connectivity index (χ2n) is 3.55. The molecular weight excluding hydrogens is 228 g/mol. The van der Waals surface area contributed by atoms with Crippen LogP contribution in [-0.2, 0) is 0 Å². The summed E-state index contributed by atoms with van der Waals surface area (Å²) in [5.41, 5.74) is 0.850. The van der Waals surface area contributed by atoms with Gasteiger partial charge < -0.3 is 9.47 Å². The molecule has 0 aliphatic heterocycles. The second-order valence-corrected chi connectivity index (χ2v) is 3.55. The van der Waals surface area contributed by atoms with E-state index in [1.807, 2.05) is 36.4 Å². The Hall–Kier alpha value is -2.36. The summed E-state index contributed by atoms with van der Waals surface area (Å²) in [6, 6.07) is 11.1. The Morgan fingerprint density at radius 1 is 1.11 bits per heavy atom. The molecule has 1 heterocycles. The van der Waals surface area contributed by atoms with Gasteiger partial charge in [-0.1, -0.05) is 6.07 Å². The van der Waals surface area contributed by atoms with Crippen molar-refractivity contribution in [3.8, 4) is 11.5 Å². The number of benzene rings is 1. The zero-order chi connectivity index (χ0) is 12.8. The van der Waals surface area contributed by atoms with Gasteiger partial charge >= 0.3 is 0 Å². The number of hydrogen-bond donors (Lipinski definition) is 0. The van der Waals surface area contributed by atoms with Crippen molar-refractivity contribution in [3.63, 3.8) is 0 Å². The van der Waals surface area contributed by atoms with E-state index in [4.69, 9.17) is 9.47 Å². The summed E-state index contributed by atoms with van der Waals surface area (Å²) < 4.78 is 10.4. The van der Waals surface area contributed by atoms with Crippen LogP contribution in [0, 0.1) is 0 Å². The van der Waals surface area contributed by atoms with E-state index in [2.05, 4.69) is 9.98 Å². The zero-order valence-electron chi connectivity index (χ0n) is 10.3. The van der Waals surface area contributed by atoms with Gasteiger partial charge in [-0.3, -0.25) is 0 Å². The van der Waals surface area contributed by atoms with E-state index in [1.165, 1.54) is 0 Å². The average Bonchev–Trinajstić information content (AvgIpc) is 2.45. The van der Waals surface area contributed by atoms with Crippen molar-refractivity contribution in [3.05, 3.63) is 48.2 Å². The fraction of sp³-hybridized carbons (Fsp3) is 0.143. The van der Waals surface area contributed by atoms with E-state index < -0.39 is 0 Å². The van der Waals surface area contributed by atoms with E-state index in [0.717, 1.165) is 17.1 Å². The monoisotopic (exact) mass is 242 g/mol. The molecular formula is C14H14N2O2. The Labute approximate surface area is 106 Å². The summed E-state index contributed by atoms with van der Waals surface area (Å²) in [6.45, 7) is 0. The third-order valence-corrected chi connectivity index (χ3v) is 2.42. The molecule has 1 aromatic heterocycles. The van der Waals surface area contributed by atoms with Crippen LogP contribution in [0.2, 0.25) is 0 Å². The number of aliphatic imine (C=N–C) groups is 1. The minimum atomic E-state index is 0.655. The van der Waals surface area contributed by atoms with E-state index in [9.17, 15) is 0 Å². The molecule has 0 bridgehead atoms. The fourth-order valence-electron chi connectivity index (χ4n) is 1.51. The number of methoxy groups -OCH3 is 2. The molecule has 0 unspecified atom stereocenters. The normalized spacial score (nSPS) is 10.6. The molecule has 4 nitrogen and oxygen atoms in total. The van der Waals surface area contributed by atoms with Crippen molar-refractivity contribution in [1.82, 2.24) is 4.98 Å². The molecule has 0 fully saturated rings. The molecule has 0 atom stereocenters. The summed E-state index contributed by atoms with van der Waals surface area (Å²) in [7, 11) is 3.25. The van der Waals surface area contributed by atoms with Crippen LogP contribution in [0.4, 0.5) is 5.82 Å². The first-order chi connectivity index (χ1) is 8.83. The van der Waals surface area contributed by atoms with Gasteiger partial charge in [-0.25, -0.2) is 9.98 Å². The Bertz CT molecular complexity index is 539. The quantitative estimate of drug-likeness (QED) is 0.774. The molecule has 0 saturated carbocycles. The Morgan fingerprint density at radius 3 is 2.67 bits per heavy atom. The van der Waals surface area contributed by atoms with Gasteiger partial charge in [0, 0.05) is 18.0 Å². The third kappa shape index (κ3) is 2.85. The maximum absolute atomic E-state index is 5.27. The second kappa shape index (κ2) is 5.82. The highest BCUT2D eigenvalue weighted by Crippen LogP contribution is 2.22. The molecule has 0 saturated heterocycles. The van der Waals surface area contributed by atoms with Crippen LogP contribution < -0.4 is 9.47 Å². The Kier molecular flexibility index (Phi) is 3.91. The van der Waals surface area contributed by atoms with E-state index in [-0.39, 0.29) is 0 Å². The molecule has 0 radical (unpaired) electrons. The van der Waals surface area contributed by atoms with Crippen LogP contribution in [0.25, 0.3) is 0 Å². The molecule has 0 N–H and O–H groups in total. The molecule has 4 heteroatoms. The lowest BCUT2D eigenvalue weighted by molar-refractivity contribution is 0.402. The summed E-state index contributed by atoms with van der Waals surface area (Å²) in [5.74, 6) is 2.16. The van der Waals surface area contributed by atoms with Crippen LogP contribution in [0.1, 0.15) is 5.56 Å². The molecule has 92 valence electrons. The highest BCUT2D eigenvalue weighted by Gasteiger charge is 2.02. The van der Waals surface area contributed by atoms with Gasteiger partial charge in [0.15, 0.2) is 5.82 Å². The van der Waals surface area contributed by atoms with Crippen LogP contribution in [-0.4, -0.2) is 25.4 Å². The molecule has 18 heavy (non-hydrogen) atoms. The first-order valence-corrected chi connectivity index (χ1v) is 5.50. The van der Waals surface area contributed by atoms with Crippen molar-refractivity contribution in [2.45, 2.75) is 0 Å². The average molecular weight is 242 g/mol. The Morgan fingerprint density at radius 2 is 2.00 bits per heavy atom. The predicted octanol–water partition coefficient (Wildman–Crippen LogP) is 2.85. The van der Waals surface area contributed by atoms with Gasteiger partial charge in [0.1, 0.15) is 11.5 Å².